The molecule has 0 saturated carbocycles. The van der Waals surface area contributed by atoms with Crippen molar-refractivity contribution in [1.82, 2.24) is 0 Å². The summed E-state index contributed by atoms with van der Waals surface area (Å²) in [5, 5.41) is 1.44. The Bertz CT molecular complexity index is 398. The molecule has 1 aliphatic rings. The van der Waals surface area contributed by atoms with Crippen LogP contribution in [0, 0.1) is 0 Å². The first-order valence-electron chi connectivity index (χ1n) is 4.40. The highest BCUT2D eigenvalue weighted by molar-refractivity contribution is 9.03. The van der Waals surface area contributed by atoms with Gasteiger partial charge in [-0.1, -0.05) is 31.8 Å². The zero-order valence-corrected chi connectivity index (χ0v) is 11.8. The second-order valence-corrected chi connectivity index (χ2v) is 14.3. The van der Waals surface area contributed by atoms with E-state index in [9.17, 15) is 4.21 Å². The molecule has 1 unspecified atom stereocenters. The Hall–Kier alpha value is 0.287. The molecule has 2 rings (SSSR count). The molecule has 0 radical (unpaired) electrons. The van der Waals surface area contributed by atoms with Crippen molar-refractivity contribution in [2.75, 3.05) is 0 Å². The Kier molecular flexibility index (Phi) is 2.85. The molecular weight excluding hydrogens is 248 g/mol. The summed E-state index contributed by atoms with van der Waals surface area (Å²) in [6, 6.07) is 6.35. The fourth-order valence-electron chi connectivity index (χ4n) is 1.42. The summed E-state index contributed by atoms with van der Waals surface area (Å²) in [7, 11) is 0.896. The average Bonchev–Trinajstić information content (AvgIpc) is 2.41. The van der Waals surface area contributed by atoms with Gasteiger partial charge in [0.2, 0.25) is 0 Å². The van der Waals surface area contributed by atoms with Gasteiger partial charge in [0.05, 0.1) is 8.07 Å². The van der Waals surface area contributed by atoms with Crippen LogP contribution in [0.2, 0.25) is 19.6 Å². The van der Waals surface area contributed by atoms with Gasteiger partial charge in [-0.15, -0.1) is 0 Å². The lowest BCUT2D eigenvalue weighted by Gasteiger charge is -2.18. The maximum atomic E-state index is 11.4. The highest BCUT2D eigenvalue weighted by Gasteiger charge is 2.28. The maximum absolute atomic E-state index is 11.4. The highest BCUT2D eigenvalue weighted by Crippen LogP contribution is 2.46. The Morgan fingerprint density at radius 3 is 2.57 bits per heavy atom. The van der Waals surface area contributed by atoms with Gasteiger partial charge < -0.3 is 0 Å². The third kappa shape index (κ3) is 1.96. The molecule has 1 aromatic rings. The standard InChI is InChI=1S/C9H12OS3Si/c1-14(2,3)8-6-4-5-7-9(8)12-13(10)11-7/h4-6H,1-3H3. The first-order valence-corrected chi connectivity index (χ1v) is 11.7. The fourth-order valence-corrected chi connectivity index (χ4v) is 9.21. The molecule has 0 aliphatic carbocycles. The summed E-state index contributed by atoms with van der Waals surface area (Å²) >= 11 is 0. The van der Waals surface area contributed by atoms with Crippen molar-refractivity contribution in [3.8, 4) is 0 Å². The van der Waals surface area contributed by atoms with Crippen LogP contribution < -0.4 is 5.19 Å². The van der Waals surface area contributed by atoms with E-state index in [4.69, 9.17) is 0 Å². The molecule has 1 aliphatic heterocycles. The van der Waals surface area contributed by atoms with Crippen molar-refractivity contribution in [2.24, 2.45) is 0 Å². The summed E-state index contributed by atoms with van der Waals surface area (Å²) in [4.78, 5) is 2.48. The van der Waals surface area contributed by atoms with E-state index < -0.39 is 16.9 Å². The fraction of sp³-hybridized carbons (Fsp3) is 0.333. The van der Waals surface area contributed by atoms with Crippen LogP contribution in [0.25, 0.3) is 0 Å². The Labute approximate surface area is 95.3 Å². The zero-order valence-electron chi connectivity index (χ0n) is 8.37. The van der Waals surface area contributed by atoms with Crippen LogP contribution in [0.4, 0.5) is 0 Å². The van der Waals surface area contributed by atoms with E-state index in [1.54, 1.807) is 0 Å². The van der Waals surface area contributed by atoms with E-state index in [1.165, 1.54) is 36.6 Å². The molecule has 14 heavy (non-hydrogen) atoms. The number of rotatable bonds is 1. The van der Waals surface area contributed by atoms with Gasteiger partial charge in [-0.25, -0.2) is 4.21 Å². The number of hydrogen-bond donors (Lipinski definition) is 0. The monoisotopic (exact) mass is 260 g/mol. The van der Waals surface area contributed by atoms with E-state index >= 15 is 0 Å². The first-order chi connectivity index (χ1) is 6.48. The van der Waals surface area contributed by atoms with Crippen LogP contribution in [0.3, 0.4) is 0 Å². The lowest BCUT2D eigenvalue weighted by atomic mass is 10.4. The number of hydrogen-bond acceptors (Lipinski definition) is 3. The van der Waals surface area contributed by atoms with Gasteiger partial charge >= 0.3 is 0 Å². The molecule has 0 aromatic heterocycles. The molecule has 0 N–H and O–H groups in total. The minimum absolute atomic E-state index is 0.809. The van der Waals surface area contributed by atoms with Crippen molar-refractivity contribution in [3.63, 3.8) is 0 Å². The Morgan fingerprint density at radius 1 is 1.21 bits per heavy atom. The van der Waals surface area contributed by atoms with Gasteiger partial charge in [0, 0.05) is 9.79 Å². The van der Waals surface area contributed by atoms with Crippen molar-refractivity contribution in [2.45, 2.75) is 29.4 Å². The number of fused-ring (bicyclic) bond motifs is 1. The molecule has 0 fully saturated rings. The van der Waals surface area contributed by atoms with Crippen LogP contribution in [0.1, 0.15) is 0 Å². The predicted octanol–water partition coefficient (Wildman–Crippen LogP) is 3.01. The van der Waals surface area contributed by atoms with Gasteiger partial charge in [-0.05, 0) is 32.8 Å². The van der Waals surface area contributed by atoms with E-state index in [1.807, 2.05) is 0 Å². The quantitative estimate of drug-likeness (QED) is 0.571. The van der Waals surface area contributed by atoms with Crippen molar-refractivity contribution < 1.29 is 4.21 Å². The lowest BCUT2D eigenvalue weighted by molar-refractivity contribution is 0.699. The first kappa shape index (κ1) is 10.8. The highest BCUT2D eigenvalue weighted by atomic mass is 33.5. The summed E-state index contributed by atoms with van der Waals surface area (Å²) < 4.78 is 11.4. The maximum Gasteiger partial charge on any atom is 0.151 e. The van der Waals surface area contributed by atoms with Crippen molar-refractivity contribution >= 4 is 43.7 Å². The van der Waals surface area contributed by atoms with E-state index in [-0.39, 0.29) is 0 Å². The van der Waals surface area contributed by atoms with Gasteiger partial charge in [0.1, 0.15) is 0 Å². The Morgan fingerprint density at radius 2 is 1.93 bits per heavy atom. The molecule has 76 valence electrons. The van der Waals surface area contributed by atoms with Gasteiger partial charge in [-0.2, -0.15) is 0 Å². The van der Waals surface area contributed by atoms with Crippen LogP contribution in [0.5, 0.6) is 0 Å². The number of benzene rings is 1. The summed E-state index contributed by atoms with van der Waals surface area (Å²) in [6.07, 6.45) is 0. The van der Waals surface area contributed by atoms with E-state index in [0.717, 1.165) is 0 Å². The van der Waals surface area contributed by atoms with E-state index in [2.05, 4.69) is 37.8 Å². The van der Waals surface area contributed by atoms with Crippen molar-refractivity contribution in [1.29, 1.82) is 0 Å². The van der Waals surface area contributed by atoms with Crippen LogP contribution in [-0.4, -0.2) is 12.3 Å². The molecule has 0 spiro atoms. The molecule has 0 saturated heterocycles. The normalized spacial score (nSPS) is 20.9. The topological polar surface area (TPSA) is 17.1 Å². The molecule has 1 heterocycles. The summed E-state index contributed by atoms with van der Waals surface area (Å²) in [5.41, 5.74) is 0. The van der Waals surface area contributed by atoms with E-state index in [0.29, 0.717) is 0 Å². The molecule has 1 aromatic carbocycles. The largest absolute Gasteiger partial charge is 0.235 e. The summed E-state index contributed by atoms with van der Waals surface area (Å²) in [6.45, 7) is 6.99. The average molecular weight is 260 g/mol. The third-order valence-electron chi connectivity index (χ3n) is 2.10. The van der Waals surface area contributed by atoms with Gasteiger partial charge in [0.25, 0.3) is 0 Å². The summed E-state index contributed by atoms with van der Waals surface area (Å²) in [5.74, 6) is 0. The second-order valence-electron chi connectivity index (χ2n) is 4.25. The minimum Gasteiger partial charge on any atom is -0.235 e. The SMILES string of the molecule is C[Si](C)(C)c1cccc2c1SS(=O)S2. The lowest BCUT2D eigenvalue weighted by Crippen LogP contribution is -2.38. The molecule has 0 amide bonds. The minimum atomic E-state index is -1.29. The molecular formula is C9H12OS3Si. The molecule has 5 heteroatoms. The van der Waals surface area contributed by atoms with Crippen LogP contribution >= 0.6 is 21.6 Å². The third-order valence-corrected chi connectivity index (χ3v) is 8.92. The zero-order chi connectivity index (χ0) is 10.3. The second kappa shape index (κ2) is 3.70. The predicted molar refractivity (Wildman–Crippen MR) is 69.3 cm³/mol. The smallest absolute Gasteiger partial charge is 0.151 e. The van der Waals surface area contributed by atoms with Gasteiger partial charge in [0.15, 0.2) is 8.86 Å². The van der Waals surface area contributed by atoms with Crippen molar-refractivity contribution in [3.05, 3.63) is 18.2 Å². The van der Waals surface area contributed by atoms with Crippen LogP contribution in [0.15, 0.2) is 28.0 Å². The van der Waals surface area contributed by atoms with Gasteiger partial charge in [-0.3, -0.25) is 0 Å². The molecule has 1 nitrogen and oxygen atoms in total. The molecule has 1 atom stereocenters. The molecule has 0 bridgehead atoms. The van der Waals surface area contributed by atoms with Crippen LogP contribution in [-0.2, 0) is 8.86 Å². The Balaban J connectivity index is 2.55.